The summed E-state index contributed by atoms with van der Waals surface area (Å²) < 4.78 is 5.20. The molecular formula is C8H15N3O. The molecule has 0 bridgehead atoms. The molecule has 12 heavy (non-hydrogen) atoms. The molecule has 4 nitrogen and oxygen atoms in total. The zero-order valence-corrected chi connectivity index (χ0v) is 7.05. The number of amidine groups is 1. The van der Waals surface area contributed by atoms with E-state index < -0.39 is 0 Å². The van der Waals surface area contributed by atoms with Gasteiger partial charge in [0.15, 0.2) is 0 Å². The van der Waals surface area contributed by atoms with Crippen LogP contribution in [0.1, 0.15) is 12.8 Å². The fourth-order valence-corrected chi connectivity index (χ4v) is 1.14. The van der Waals surface area contributed by atoms with E-state index in [4.69, 9.17) is 15.9 Å². The third-order valence-corrected chi connectivity index (χ3v) is 1.82. The molecular weight excluding hydrogens is 154 g/mol. The molecule has 1 fully saturated rings. The fourth-order valence-electron chi connectivity index (χ4n) is 1.14. The second kappa shape index (κ2) is 4.77. The molecule has 0 saturated carbocycles. The smallest absolute Gasteiger partial charge is 0.116 e. The second-order valence-electron chi connectivity index (χ2n) is 2.84. The molecule has 1 aliphatic heterocycles. The minimum atomic E-state index is 0.0783. The molecule has 0 spiro atoms. The van der Waals surface area contributed by atoms with E-state index in [9.17, 15) is 0 Å². The van der Waals surface area contributed by atoms with E-state index in [0.29, 0.717) is 6.04 Å². The molecule has 0 atom stereocenters. The maximum absolute atomic E-state index is 6.94. The summed E-state index contributed by atoms with van der Waals surface area (Å²) in [5, 5.41) is 10.1. The Balaban J connectivity index is 2.17. The Labute approximate surface area is 72.3 Å². The van der Waals surface area contributed by atoms with Gasteiger partial charge in [-0.15, -0.1) is 0 Å². The molecule has 4 N–H and O–H groups in total. The second-order valence-corrected chi connectivity index (χ2v) is 2.84. The largest absolute Gasteiger partial charge is 0.388 e. The van der Waals surface area contributed by atoms with Crippen LogP contribution in [0.15, 0.2) is 12.3 Å². The Kier molecular flexibility index (Phi) is 3.60. The summed E-state index contributed by atoms with van der Waals surface area (Å²) in [6.07, 6.45) is 5.35. The maximum Gasteiger partial charge on any atom is 0.116 e. The van der Waals surface area contributed by atoms with E-state index in [2.05, 4.69) is 5.32 Å². The van der Waals surface area contributed by atoms with Crippen molar-refractivity contribution in [2.75, 3.05) is 13.2 Å². The van der Waals surface area contributed by atoms with Gasteiger partial charge in [-0.3, -0.25) is 5.41 Å². The summed E-state index contributed by atoms with van der Waals surface area (Å²) in [7, 11) is 0. The van der Waals surface area contributed by atoms with Gasteiger partial charge in [-0.2, -0.15) is 0 Å². The van der Waals surface area contributed by atoms with E-state index in [1.54, 1.807) is 12.3 Å². The lowest BCUT2D eigenvalue weighted by Crippen LogP contribution is -2.31. The summed E-state index contributed by atoms with van der Waals surface area (Å²) >= 11 is 0. The molecule has 68 valence electrons. The number of hydrogen-bond donors (Lipinski definition) is 3. The van der Waals surface area contributed by atoms with Gasteiger partial charge in [0.05, 0.1) is 0 Å². The van der Waals surface area contributed by atoms with E-state index in [1.165, 1.54) is 0 Å². The first-order valence-electron chi connectivity index (χ1n) is 4.13. The Hall–Kier alpha value is -1.03. The minimum Gasteiger partial charge on any atom is -0.388 e. The van der Waals surface area contributed by atoms with E-state index in [1.807, 2.05) is 0 Å². The van der Waals surface area contributed by atoms with Crippen LogP contribution in [-0.2, 0) is 4.74 Å². The van der Waals surface area contributed by atoms with Crippen molar-refractivity contribution in [3.63, 3.8) is 0 Å². The van der Waals surface area contributed by atoms with Gasteiger partial charge in [-0.05, 0) is 18.9 Å². The van der Waals surface area contributed by atoms with Crippen LogP contribution in [0.3, 0.4) is 0 Å². The summed E-state index contributed by atoms with van der Waals surface area (Å²) in [5.74, 6) is 0.0783. The molecule has 1 aliphatic rings. The highest BCUT2D eigenvalue weighted by atomic mass is 16.5. The van der Waals surface area contributed by atoms with Crippen LogP contribution in [0.5, 0.6) is 0 Å². The lowest BCUT2D eigenvalue weighted by Gasteiger charge is -2.21. The maximum atomic E-state index is 6.94. The third kappa shape index (κ3) is 3.39. The van der Waals surface area contributed by atoms with Crippen LogP contribution in [0.2, 0.25) is 0 Å². The van der Waals surface area contributed by atoms with Crippen LogP contribution < -0.4 is 11.1 Å². The summed E-state index contributed by atoms with van der Waals surface area (Å²) in [5.41, 5.74) is 5.14. The number of ether oxygens (including phenoxy) is 1. The summed E-state index contributed by atoms with van der Waals surface area (Å²) in [6, 6.07) is 0.481. The standard InChI is InChI=1S/C8H15N3O/c9-8(10)1-4-11-7-2-5-12-6-3-7/h1,4,7,11H,2-3,5-6H2,(H3,9,10)/b4-1-. The van der Waals surface area contributed by atoms with E-state index in [-0.39, 0.29) is 5.84 Å². The fraction of sp³-hybridized carbons (Fsp3) is 0.625. The molecule has 0 unspecified atom stereocenters. The van der Waals surface area contributed by atoms with E-state index >= 15 is 0 Å². The molecule has 0 aromatic heterocycles. The highest BCUT2D eigenvalue weighted by Crippen LogP contribution is 2.05. The Bertz CT molecular complexity index is 173. The first-order valence-corrected chi connectivity index (χ1v) is 4.13. The highest BCUT2D eigenvalue weighted by Gasteiger charge is 2.10. The normalized spacial score (nSPS) is 19.7. The average molecular weight is 169 g/mol. The van der Waals surface area contributed by atoms with Crippen molar-refractivity contribution in [1.82, 2.24) is 5.32 Å². The predicted octanol–water partition coefficient (Wildman–Crippen LogP) is 0.205. The van der Waals surface area contributed by atoms with Gasteiger partial charge >= 0.3 is 0 Å². The summed E-state index contributed by atoms with van der Waals surface area (Å²) in [4.78, 5) is 0. The van der Waals surface area contributed by atoms with E-state index in [0.717, 1.165) is 26.1 Å². The van der Waals surface area contributed by atoms with Crippen LogP contribution in [0.25, 0.3) is 0 Å². The molecule has 1 saturated heterocycles. The SMILES string of the molecule is N=C(N)/C=C\NC1CCOCC1. The third-order valence-electron chi connectivity index (χ3n) is 1.82. The van der Waals surface area contributed by atoms with Crippen molar-refractivity contribution in [2.45, 2.75) is 18.9 Å². The lowest BCUT2D eigenvalue weighted by molar-refractivity contribution is 0.0812. The van der Waals surface area contributed by atoms with Crippen molar-refractivity contribution >= 4 is 5.84 Å². The summed E-state index contributed by atoms with van der Waals surface area (Å²) in [6.45, 7) is 1.65. The van der Waals surface area contributed by atoms with Gasteiger partial charge in [0.25, 0.3) is 0 Å². The molecule has 1 rings (SSSR count). The molecule has 0 aromatic rings. The average Bonchev–Trinajstić information content (AvgIpc) is 2.05. The highest BCUT2D eigenvalue weighted by molar-refractivity contribution is 5.88. The lowest BCUT2D eigenvalue weighted by atomic mass is 10.1. The molecule has 0 aliphatic carbocycles. The zero-order valence-electron chi connectivity index (χ0n) is 7.05. The van der Waals surface area contributed by atoms with Crippen LogP contribution in [0, 0.1) is 5.41 Å². The first-order chi connectivity index (χ1) is 5.79. The van der Waals surface area contributed by atoms with Crippen molar-refractivity contribution in [1.29, 1.82) is 5.41 Å². The Morgan fingerprint density at radius 3 is 2.75 bits per heavy atom. The van der Waals surface area contributed by atoms with Crippen molar-refractivity contribution < 1.29 is 4.74 Å². The first kappa shape index (κ1) is 9.06. The van der Waals surface area contributed by atoms with Gasteiger partial charge in [-0.1, -0.05) is 0 Å². The molecule has 0 aromatic carbocycles. The van der Waals surface area contributed by atoms with Crippen molar-refractivity contribution in [3.8, 4) is 0 Å². The van der Waals surface area contributed by atoms with Crippen molar-refractivity contribution in [3.05, 3.63) is 12.3 Å². The van der Waals surface area contributed by atoms with Crippen LogP contribution in [0.4, 0.5) is 0 Å². The zero-order chi connectivity index (χ0) is 8.81. The van der Waals surface area contributed by atoms with Gasteiger partial charge in [-0.25, -0.2) is 0 Å². The monoisotopic (exact) mass is 169 g/mol. The minimum absolute atomic E-state index is 0.0783. The number of nitrogens with two attached hydrogens (primary N) is 1. The molecule has 0 radical (unpaired) electrons. The number of hydrogen-bond acceptors (Lipinski definition) is 3. The Morgan fingerprint density at radius 1 is 1.50 bits per heavy atom. The van der Waals surface area contributed by atoms with Gasteiger partial charge in [0.2, 0.25) is 0 Å². The number of rotatable bonds is 3. The Morgan fingerprint density at radius 2 is 2.17 bits per heavy atom. The van der Waals surface area contributed by atoms with Crippen LogP contribution >= 0.6 is 0 Å². The predicted molar refractivity (Wildman–Crippen MR) is 48.0 cm³/mol. The molecule has 1 heterocycles. The van der Waals surface area contributed by atoms with Gasteiger partial charge in [0.1, 0.15) is 5.84 Å². The quantitative estimate of drug-likeness (QED) is 0.417. The van der Waals surface area contributed by atoms with Crippen LogP contribution in [-0.4, -0.2) is 25.1 Å². The molecule has 4 heteroatoms. The van der Waals surface area contributed by atoms with Gasteiger partial charge < -0.3 is 15.8 Å². The number of nitrogens with one attached hydrogen (secondary N) is 2. The van der Waals surface area contributed by atoms with Crippen molar-refractivity contribution in [2.24, 2.45) is 5.73 Å². The van der Waals surface area contributed by atoms with Gasteiger partial charge in [0, 0.05) is 25.5 Å². The molecule has 0 amide bonds. The topological polar surface area (TPSA) is 71.1 Å².